The highest BCUT2D eigenvalue weighted by atomic mass is 16.5. The van der Waals surface area contributed by atoms with Crippen molar-refractivity contribution in [3.05, 3.63) is 93.2 Å². The van der Waals surface area contributed by atoms with Crippen LogP contribution in [0.25, 0.3) is 0 Å². The van der Waals surface area contributed by atoms with E-state index in [-0.39, 0.29) is 5.56 Å². The van der Waals surface area contributed by atoms with E-state index in [1.165, 1.54) is 0 Å². The molecule has 0 aliphatic carbocycles. The van der Waals surface area contributed by atoms with Gasteiger partial charge in [0.2, 0.25) is 0 Å². The third-order valence-corrected chi connectivity index (χ3v) is 4.12. The Balaban J connectivity index is 1.64. The molecule has 0 bridgehead atoms. The van der Waals surface area contributed by atoms with Gasteiger partial charge in [0.25, 0.3) is 5.56 Å². The maximum absolute atomic E-state index is 12.4. The maximum atomic E-state index is 12.4. The summed E-state index contributed by atoms with van der Waals surface area (Å²) in [5.74, 6) is 1.33. The first-order valence-corrected chi connectivity index (χ1v) is 8.46. The van der Waals surface area contributed by atoms with Gasteiger partial charge in [0.1, 0.15) is 17.9 Å². The quantitative estimate of drug-likeness (QED) is 0.666. The van der Waals surface area contributed by atoms with E-state index >= 15 is 0 Å². The third kappa shape index (κ3) is 4.45. The Labute approximate surface area is 151 Å². The van der Waals surface area contributed by atoms with Crippen LogP contribution in [0.1, 0.15) is 33.0 Å². The second kappa shape index (κ2) is 8.25. The molecule has 0 spiro atoms. The zero-order valence-corrected chi connectivity index (χ0v) is 14.6. The molecular formula is C21H20N2O3. The second-order valence-electron chi connectivity index (χ2n) is 6.02. The third-order valence-electron chi connectivity index (χ3n) is 4.12. The van der Waals surface area contributed by atoms with Crippen molar-refractivity contribution in [2.24, 2.45) is 0 Å². The molecule has 0 aliphatic rings. The zero-order chi connectivity index (χ0) is 18.4. The molecule has 1 N–H and O–H groups in total. The van der Waals surface area contributed by atoms with Gasteiger partial charge in [-0.15, -0.1) is 0 Å². The number of hydrogen-bond donors (Lipinski definition) is 1. The summed E-state index contributed by atoms with van der Waals surface area (Å²) in [5, 5.41) is 0. The molecule has 5 nitrogen and oxygen atoms in total. The normalized spacial score (nSPS) is 10.5. The number of aromatic nitrogens is 2. The lowest BCUT2D eigenvalue weighted by Crippen LogP contribution is -2.21. The van der Waals surface area contributed by atoms with Crippen molar-refractivity contribution in [1.82, 2.24) is 9.97 Å². The van der Waals surface area contributed by atoms with Crippen LogP contribution in [0.15, 0.2) is 59.4 Å². The summed E-state index contributed by atoms with van der Waals surface area (Å²) in [6, 6.07) is 16.8. The number of aromatic amines is 1. The number of hydrogen-bond acceptors (Lipinski definition) is 4. The topological polar surface area (TPSA) is 72.1 Å². The number of ether oxygens (including phenoxy) is 1. The van der Waals surface area contributed by atoms with Crippen LogP contribution in [0.3, 0.4) is 0 Å². The van der Waals surface area contributed by atoms with E-state index in [0.29, 0.717) is 42.1 Å². The number of rotatable bonds is 7. The Morgan fingerprint density at radius 3 is 2.46 bits per heavy atom. The lowest BCUT2D eigenvalue weighted by Gasteiger charge is -2.09. The predicted molar refractivity (Wildman–Crippen MR) is 99.9 cm³/mol. The molecule has 0 saturated heterocycles. The van der Waals surface area contributed by atoms with Crippen molar-refractivity contribution in [3.63, 3.8) is 0 Å². The molecule has 0 aliphatic heterocycles. The van der Waals surface area contributed by atoms with Crippen LogP contribution in [-0.4, -0.2) is 22.9 Å². The zero-order valence-electron chi connectivity index (χ0n) is 14.6. The van der Waals surface area contributed by atoms with Crippen molar-refractivity contribution in [2.45, 2.75) is 19.8 Å². The second-order valence-corrected chi connectivity index (χ2v) is 6.02. The van der Waals surface area contributed by atoms with E-state index < -0.39 is 0 Å². The standard InChI is InChI=1S/C21H20N2O3/c1-15-19(11-12-26-18-9-7-17(14-24)8-10-18)21(25)23-20(22-15)13-16-5-3-2-4-6-16/h2-10,14H,11-13H2,1H3,(H,22,23,25). The molecule has 1 aromatic heterocycles. The summed E-state index contributed by atoms with van der Waals surface area (Å²) in [7, 11) is 0. The van der Waals surface area contributed by atoms with E-state index in [4.69, 9.17) is 4.74 Å². The number of aryl methyl sites for hydroxylation is 1. The molecule has 0 radical (unpaired) electrons. The monoisotopic (exact) mass is 348 g/mol. The summed E-state index contributed by atoms with van der Waals surface area (Å²) < 4.78 is 5.65. The minimum absolute atomic E-state index is 0.122. The minimum Gasteiger partial charge on any atom is -0.493 e. The molecule has 26 heavy (non-hydrogen) atoms. The van der Waals surface area contributed by atoms with Gasteiger partial charge < -0.3 is 9.72 Å². The molecule has 0 amide bonds. The molecule has 0 atom stereocenters. The Kier molecular flexibility index (Phi) is 5.59. The van der Waals surface area contributed by atoms with E-state index in [1.807, 2.05) is 37.3 Å². The van der Waals surface area contributed by atoms with Gasteiger partial charge in [-0.25, -0.2) is 4.98 Å². The highest BCUT2D eigenvalue weighted by Crippen LogP contribution is 2.12. The lowest BCUT2D eigenvalue weighted by atomic mass is 10.1. The largest absolute Gasteiger partial charge is 0.493 e. The highest BCUT2D eigenvalue weighted by molar-refractivity contribution is 5.74. The number of carbonyl (C=O) groups is 1. The Morgan fingerprint density at radius 2 is 1.81 bits per heavy atom. The van der Waals surface area contributed by atoms with Crippen LogP contribution in [0.4, 0.5) is 0 Å². The molecule has 0 unspecified atom stereocenters. The van der Waals surface area contributed by atoms with E-state index in [1.54, 1.807) is 24.3 Å². The first-order chi connectivity index (χ1) is 12.7. The van der Waals surface area contributed by atoms with Gasteiger partial charge >= 0.3 is 0 Å². The summed E-state index contributed by atoms with van der Waals surface area (Å²) in [5.41, 5.74) is 2.93. The van der Waals surface area contributed by atoms with Gasteiger partial charge in [-0.05, 0) is 36.8 Å². The average molecular weight is 348 g/mol. The average Bonchev–Trinajstić information content (AvgIpc) is 2.65. The Bertz CT molecular complexity index is 932. The number of nitrogens with zero attached hydrogens (tertiary/aromatic N) is 1. The smallest absolute Gasteiger partial charge is 0.254 e. The molecule has 1 heterocycles. The molecule has 3 aromatic rings. The van der Waals surface area contributed by atoms with Crippen molar-refractivity contribution in [2.75, 3.05) is 6.61 Å². The molecule has 132 valence electrons. The number of H-pyrrole nitrogens is 1. The van der Waals surface area contributed by atoms with E-state index in [0.717, 1.165) is 17.5 Å². The van der Waals surface area contributed by atoms with Crippen molar-refractivity contribution >= 4 is 6.29 Å². The summed E-state index contributed by atoms with van der Waals surface area (Å²) in [6.07, 6.45) is 1.85. The van der Waals surface area contributed by atoms with Gasteiger partial charge in [0, 0.05) is 29.7 Å². The van der Waals surface area contributed by atoms with E-state index in [2.05, 4.69) is 9.97 Å². The van der Waals surface area contributed by atoms with Crippen molar-refractivity contribution in [3.8, 4) is 5.75 Å². The van der Waals surface area contributed by atoms with Gasteiger partial charge in [-0.1, -0.05) is 30.3 Å². The summed E-state index contributed by atoms with van der Waals surface area (Å²) in [6.45, 7) is 2.21. The Hall–Kier alpha value is -3.21. The molecular weight excluding hydrogens is 328 g/mol. The number of carbonyl (C=O) groups excluding carboxylic acids is 1. The number of benzene rings is 2. The number of aldehydes is 1. The predicted octanol–water partition coefficient (Wildman–Crippen LogP) is 3.10. The van der Waals surface area contributed by atoms with Crippen LogP contribution in [0.5, 0.6) is 5.75 Å². The SMILES string of the molecule is Cc1nc(Cc2ccccc2)[nH]c(=O)c1CCOc1ccc(C=O)cc1. The van der Waals surface area contributed by atoms with Crippen molar-refractivity contribution in [1.29, 1.82) is 0 Å². The van der Waals surface area contributed by atoms with Crippen LogP contribution < -0.4 is 10.3 Å². The first-order valence-electron chi connectivity index (χ1n) is 8.46. The van der Waals surface area contributed by atoms with E-state index in [9.17, 15) is 9.59 Å². The Morgan fingerprint density at radius 1 is 1.08 bits per heavy atom. The molecule has 3 rings (SSSR count). The number of nitrogens with one attached hydrogen (secondary N) is 1. The fourth-order valence-electron chi connectivity index (χ4n) is 2.75. The van der Waals surface area contributed by atoms with Crippen LogP contribution in [0, 0.1) is 6.92 Å². The van der Waals surface area contributed by atoms with Gasteiger partial charge in [-0.3, -0.25) is 9.59 Å². The van der Waals surface area contributed by atoms with Gasteiger partial charge in [0.15, 0.2) is 0 Å². The van der Waals surface area contributed by atoms with Crippen molar-refractivity contribution < 1.29 is 9.53 Å². The van der Waals surface area contributed by atoms with Crippen LogP contribution in [-0.2, 0) is 12.8 Å². The van der Waals surface area contributed by atoms with Crippen LogP contribution >= 0.6 is 0 Å². The van der Waals surface area contributed by atoms with Gasteiger partial charge in [-0.2, -0.15) is 0 Å². The first kappa shape index (κ1) is 17.6. The molecule has 0 fully saturated rings. The maximum Gasteiger partial charge on any atom is 0.254 e. The van der Waals surface area contributed by atoms with Crippen LogP contribution in [0.2, 0.25) is 0 Å². The molecule has 0 saturated carbocycles. The highest BCUT2D eigenvalue weighted by Gasteiger charge is 2.09. The fraction of sp³-hybridized carbons (Fsp3) is 0.190. The lowest BCUT2D eigenvalue weighted by molar-refractivity contribution is 0.112. The minimum atomic E-state index is -0.122. The fourth-order valence-corrected chi connectivity index (χ4v) is 2.75. The van der Waals surface area contributed by atoms with Gasteiger partial charge in [0.05, 0.1) is 6.61 Å². The summed E-state index contributed by atoms with van der Waals surface area (Å²) >= 11 is 0. The summed E-state index contributed by atoms with van der Waals surface area (Å²) in [4.78, 5) is 30.4. The molecule has 5 heteroatoms. The molecule has 2 aromatic carbocycles.